The van der Waals surface area contributed by atoms with Crippen LogP contribution in [0.3, 0.4) is 0 Å². The number of hydrogen-bond donors (Lipinski definition) is 0. The largest absolute Gasteiger partial charge is 0.387 e. The number of oxime groups is 1. The molecule has 110 valence electrons. The van der Waals surface area contributed by atoms with Gasteiger partial charge in [0.1, 0.15) is 0 Å². The second kappa shape index (κ2) is 7.04. The van der Waals surface area contributed by atoms with Crippen LogP contribution in [0.1, 0.15) is 26.6 Å². The Kier molecular flexibility index (Phi) is 5.11. The van der Waals surface area contributed by atoms with Gasteiger partial charge in [0.05, 0.1) is 6.21 Å². The van der Waals surface area contributed by atoms with Crippen LogP contribution >= 0.6 is 11.3 Å². The zero-order valence-electron chi connectivity index (χ0n) is 12.2. The van der Waals surface area contributed by atoms with E-state index in [4.69, 9.17) is 4.84 Å². The van der Waals surface area contributed by atoms with Crippen LogP contribution in [0.5, 0.6) is 0 Å². The molecule has 2 aromatic rings. The summed E-state index contributed by atoms with van der Waals surface area (Å²) in [6.45, 7) is 8.27. The Hall–Kier alpha value is -2.14. The summed E-state index contributed by atoms with van der Waals surface area (Å²) < 4.78 is 2.05. The van der Waals surface area contributed by atoms with Crippen molar-refractivity contribution in [2.75, 3.05) is 6.61 Å². The molecule has 0 aliphatic heterocycles. The maximum absolute atomic E-state index is 12.2. The Morgan fingerprint density at radius 1 is 1.52 bits per heavy atom. The third-order valence-corrected chi connectivity index (χ3v) is 3.99. The number of rotatable bonds is 7. The summed E-state index contributed by atoms with van der Waals surface area (Å²) in [7, 11) is 0. The lowest BCUT2D eigenvalue weighted by atomic mass is 10.2. The van der Waals surface area contributed by atoms with Crippen LogP contribution < -0.4 is 0 Å². The summed E-state index contributed by atoms with van der Waals surface area (Å²) in [4.78, 5) is 18.2. The van der Waals surface area contributed by atoms with Crippen molar-refractivity contribution >= 4 is 23.3 Å². The van der Waals surface area contributed by atoms with Gasteiger partial charge >= 0.3 is 0 Å². The molecule has 21 heavy (non-hydrogen) atoms. The fourth-order valence-electron chi connectivity index (χ4n) is 2.12. The highest BCUT2D eigenvalue weighted by atomic mass is 32.1. The molecule has 4 nitrogen and oxygen atoms in total. The summed E-state index contributed by atoms with van der Waals surface area (Å²) >= 11 is 1.56. The van der Waals surface area contributed by atoms with Crippen LogP contribution in [0.25, 0.3) is 0 Å². The highest BCUT2D eigenvalue weighted by Gasteiger charge is 2.15. The smallest absolute Gasteiger partial charge is 0.204 e. The van der Waals surface area contributed by atoms with Crippen LogP contribution in [-0.4, -0.2) is 23.2 Å². The van der Waals surface area contributed by atoms with Gasteiger partial charge in [0.25, 0.3) is 0 Å². The van der Waals surface area contributed by atoms with Crippen molar-refractivity contribution in [3.63, 3.8) is 0 Å². The topological polar surface area (TPSA) is 43.6 Å². The summed E-state index contributed by atoms with van der Waals surface area (Å²) in [5.74, 6) is -0.0678. The molecule has 0 aliphatic rings. The third-order valence-electron chi connectivity index (χ3n) is 3.18. The average molecular weight is 302 g/mol. The van der Waals surface area contributed by atoms with Gasteiger partial charge in [0.2, 0.25) is 5.78 Å². The van der Waals surface area contributed by atoms with E-state index in [1.807, 2.05) is 43.5 Å². The van der Waals surface area contributed by atoms with Gasteiger partial charge in [-0.2, -0.15) is 0 Å². The molecular weight excluding hydrogens is 284 g/mol. The third kappa shape index (κ3) is 3.70. The van der Waals surface area contributed by atoms with E-state index in [-0.39, 0.29) is 12.4 Å². The number of thiophene rings is 1. The van der Waals surface area contributed by atoms with E-state index in [1.54, 1.807) is 17.6 Å². The number of hydrogen-bond acceptors (Lipinski definition) is 4. The number of carbonyl (C=O) groups excluding carboxylic acids is 1. The fraction of sp³-hybridized carbons (Fsp3) is 0.250. The minimum Gasteiger partial charge on any atom is -0.387 e. The number of aryl methyl sites for hydroxylation is 1. The van der Waals surface area contributed by atoms with Crippen LogP contribution in [0.4, 0.5) is 0 Å². The summed E-state index contributed by atoms with van der Waals surface area (Å²) in [6, 6.07) is 5.75. The normalized spacial score (nSPS) is 11.0. The van der Waals surface area contributed by atoms with E-state index < -0.39 is 0 Å². The van der Waals surface area contributed by atoms with Crippen LogP contribution in [0, 0.1) is 13.8 Å². The predicted octanol–water partition coefficient (Wildman–Crippen LogP) is 3.59. The highest BCUT2D eigenvalue weighted by molar-refractivity contribution is 7.11. The lowest BCUT2D eigenvalue weighted by molar-refractivity contribution is 0.0778. The first-order valence-electron chi connectivity index (χ1n) is 6.63. The quantitative estimate of drug-likeness (QED) is 0.339. The van der Waals surface area contributed by atoms with E-state index in [1.165, 1.54) is 0 Å². The van der Waals surface area contributed by atoms with Gasteiger partial charge in [-0.1, -0.05) is 17.3 Å². The molecule has 0 saturated heterocycles. The van der Waals surface area contributed by atoms with Crippen molar-refractivity contribution in [2.24, 2.45) is 5.16 Å². The lowest BCUT2D eigenvalue weighted by Crippen LogP contribution is -2.09. The van der Waals surface area contributed by atoms with Gasteiger partial charge in [-0.05, 0) is 31.4 Å². The molecule has 2 heterocycles. The Morgan fingerprint density at radius 2 is 2.33 bits per heavy atom. The average Bonchev–Trinajstić information content (AvgIpc) is 3.07. The summed E-state index contributed by atoms with van der Waals surface area (Å²) in [6.07, 6.45) is 3.43. The molecule has 2 rings (SSSR count). The molecule has 0 aliphatic carbocycles. The second-order valence-corrected chi connectivity index (χ2v) is 5.61. The van der Waals surface area contributed by atoms with E-state index in [0.717, 1.165) is 16.3 Å². The van der Waals surface area contributed by atoms with Crippen LogP contribution in [0.2, 0.25) is 0 Å². The monoisotopic (exact) mass is 302 g/mol. The Balaban J connectivity index is 1.97. The summed E-state index contributed by atoms with van der Waals surface area (Å²) in [5, 5.41) is 5.78. The van der Waals surface area contributed by atoms with Crippen molar-refractivity contribution < 1.29 is 9.63 Å². The van der Waals surface area contributed by atoms with Gasteiger partial charge in [-0.3, -0.25) is 4.79 Å². The van der Waals surface area contributed by atoms with E-state index in [0.29, 0.717) is 12.1 Å². The van der Waals surface area contributed by atoms with Crippen molar-refractivity contribution in [2.45, 2.75) is 20.4 Å². The minimum atomic E-state index is -0.0678. The first-order chi connectivity index (χ1) is 10.1. The van der Waals surface area contributed by atoms with Crippen molar-refractivity contribution in [3.05, 3.63) is 58.1 Å². The number of Topliss-reactive ketones (excluding diaryl/α,β-unsaturated/α-hetero) is 1. The molecule has 0 atom stereocenters. The molecule has 0 unspecified atom stereocenters. The molecule has 0 amide bonds. The van der Waals surface area contributed by atoms with Gasteiger partial charge in [0, 0.05) is 28.4 Å². The molecule has 0 bridgehead atoms. The van der Waals surface area contributed by atoms with Crippen molar-refractivity contribution in [1.29, 1.82) is 0 Å². The van der Waals surface area contributed by atoms with E-state index in [2.05, 4.69) is 16.3 Å². The Labute approximate surface area is 128 Å². The van der Waals surface area contributed by atoms with Crippen molar-refractivity contribution in [3.8, 4) is 0 Å². The lowest BCUT2D eigenvalue weighted by Gasteiger charge is -2.05. The SMILES string of the molecule is C=CCn1c(C)cc(C(=O)CON=Cc2cccs2)c1C. The zero-order chi connectivity index (χ0) is 15.2. The van der Waals surface area contributed by atoms with Gasteiger partial charge < -0.3 is 9.40 Å². The number of allylic oxidation sites excluding steroid dienone is 1. The molecule has 0 aromatic carbocycles. The molecule has 0 radical (unpaired) electrons. The van der Waals surface area contributed by atoms with Crippen LogP contribution in [0.15, 0.2) is 41.4 Å². The molecule has 0 N–H and O–H groups in total. The fourth-order valence-corrected chi connectivity index (χ4v) is 2.70. The van der Waals surface area contributed by atoms with E-state index >= 15 is 0 Å². The van der Waals surface area contributed by atoms with Gasteiger partial charge in [-0.25, -0.2) is 0 Å². The summed E-state index contributed by atoms with van der Waals surface area (Å²) in [5.41, 5.74) is 2.65. The van der Waals surface area contributed by atoms with Gasteiger partial charge in [-0.15, -0.1) is 17.9 Å². The molecule has 0 spiro atoms. The molecule has 2 aromatic heterocycles. The highest BCUT2D eigenvalue weighted by Crippen LogP contribution is 2.16. The first-order valence-corrected chi connectivity index (χ1v) is 7.51. The molecule has 0 fully saturated rings. The first kappa shape index (κ1) is 15.3. The van der Waals surface area contributed by atoms with Crippen molar-refractivity contribution in [1.82, 2.24) is 4.57 Å². The number of carbonyl (C=O) groups is 1. The molecule has 5 heteroatoms. The van der Waals surface area contributed by atoms with E-state index in [9.17, 15) is 4.79 Å². The maximum atomic E-state index is 12.2. The molecular formula is C16H18N2O2S. The maximum Gasteiger partial charge on any atom is 0.204 e. The number of nitrogens with zero attached hydrogens (tertiary/aromatic N) is 2. The minimum absolute atomic E-state index is 0.0553. The Bertz CT molecular complexity index is 654. The number of aromatic nitrogens is 1. The predicted molar refractivity (Wildman–Crippen MR) is 86.3 cm³/mol. The van der Waals surface area contributed by atoms with Crippen LogP contribution in [-0.2, 0) is 11.4 Å². The Morgan fingerprint density at radius 3 is 3.00 bits per heavy atom. The standard InChI is InChI=1S/C16H18N2O2S/c1-4-7-18-12(2)9-15(13(18)3)16(19)11-20-17-10-14-6-5-8-21-14/h4-6,8-10H,1,7,11H2,2-3H3. The second-order valence-electron chi connectivity index (χ2n) is 4.63. The zero-order valence-corrected chi connectivity index (χ0v) is 13.0. The molecule has 0 saturated carbocycles. The number of ketones is 1. The van der Waals surface area contributed by atoms with Gasteiger partial charge in [0.15, 0.2) is 6.61 Å².